The molecule has 4 nitrogen and oxygen atoms in total. The van der Waals surface area contributed by atoms with Crippen LogP contribution in [0, 0.1) is 0 Å². The fourth-order valence-electron chi connectivity index (χ4n) is 1.76. The van der Waals surface area contributed by atoms with E-state index in [4.69, 9.17) is 0 Å². The number of aryl methyl sites for hydroxylation is 1. The molecule has 0 aromatic carbocycles. The zero-order valence-electron chi connectivity index (χ0n) is 10.9. The highest BCUT2D eigenvalue weighted by Gasteiger charge is 2.11. The van der Waals surface area contributed by atoms with Crippen molar-refractivity contribution in [1.29, 1.82) is 0 Å². The summed E-state index contributed by atoms with van der Waals surface area (Å²) in [5.74, 6) is 1.16. The second kappa shape index (κ2) is 5.61. The van der Waals surface area contributed by atoms with Crippen LogP contribution in [0.1, 0.15) is 38.9 Å². The van der Waals surface area contributed by atoms with Gasteiger partial charge in [-0.3, -0.25) is 4.68 Å². The first kappa shape index (κ1) is 13.2. The van der Waals surface area contributed by atoms with Crippen LogP contribution in [0.2, 0.25) is 0 Å². The quantitative estimate of drug-likeness (QED) is 0.810. The van der Waals surface area contributed by atoms with E-state index in [1.165, 1.54) is 0 Å². The maximum atomic E-state index is 4.62. The van der Waals surface area contributed by atoms with Crippen LogP contribution < -0.4 is 0 Å². The topological polar surface area (TPSA) is 43.6 Å². The zero-order valence-corrected chi connectivity index (χ0v) is 12.5. The molecule has 0 saturated carbocycles. The number of hydrogen-bond acceptors (Lipinski definition) is 3. The average Bonchev–Trinajstić information content (AvgIpc) is 2.77. The molecule has 0 fully saturated rings. The van der Waals surface area contributed by atoms with Crippen LogP contribution in [0.3, 0.4) is 0 Å². The van der Waals surface area contributed by atoms with Crippen LogP contribution in [-0.4, -0.2) is 19.7 Å². The van der Waals surface area contributed by atoms with Gasteiger partial charge in [-0.05, 0) is 34.5 Å². The Hall–Kier alpha value is -1.23. The highest BCUT2D eigenvalue weighted by atomic mass is 79.9. The SMILES string of the molecule is CCCn1nccc1-c1cc(Br)nc(C(C)C)n1. The van der Waals surface area contributed by atoms with Crippen molar-refractivity contribution in [3.05, 3.63) is 28.8 Å². The van der Waals surface area contributed by atoms with E-state index in [2.05, 4.69) is 51.8 Å². The first-order chi connectivity index (χ1) is 8.61. The summed E-state index contributed by atoms with van der Waals surface area (Å²) in [5.41, 5.74) is 1.97. The van der Waals surface area contributed by atoms with Gasteiger partial charge in [-0.25, -0.2) is 9.97 Å². The van der Waals surface area contributed by atoms with E-state index >= 15 is 0 Å². The van der Waals surface area contributed by atoms with Crippen LogP contribution in [0.25, 0.3) is 11.4 Å². The minimum Gasteiger partial charge on any atom is -0.263 e. The van der Waals surface area contributed by atoms with E-state index in [9.17, 15) is 0 Å². The van der Waals surface area contributed by atoms with Gasteiger partial charge in [0, 0.05) is 18.7 Å². The molecule has 0 amide bonds. The maximum Gasteiger partial charge on any atom is 0.132 e. The lowest BCUT2D eigenvalue weighted by molar-refractivity contribution is 0.607. The summed E-state index contributed by atoms with van der Waals surface area (Å²) in [6, 6.07) is 3.93. The molecule has 0 atom stereocenters. The predicted molar refractivity (Wildman–Crippen MR) is 75.3 cm³/mol. The Kier molecular flexibility index (Phi) is 4.11. The molecular weight excluding hydrogens is 292 g/mol. The van der Waals surface area contributed by atoms with Crippen molar-refractivity contribution in [2.75, 3.05) is 0 Å². The Morgan fingerprint density at radius 1 is 1.33 bits per heavy atom. The van der Waals surface area contributed by atoms with Crippen molar-refractivity contribution in [2.45, 2.75) is 39.7 Å². The standard InChI is InChI=1S/C13H17BrN4/c1-4-7-18-11(5-6-15-18)10-8-12(14)17-13(16-10)9(2)3/h5-6,8-9H,4,7H2,1-3H3. The van der Waals surface area contributed by atoms with Crippen molar-refractivity contribution >= 4 is 15.9 Å². The number of hydrogen-bond donors (Lipinski definition) is 0. The highest BCUT2D eigenvalue weighted by molar-refractivity contribution is 9.10. The third-order valence-corrected chi connectivity index (χ3v) is 3.05. The number of aromatic nitrogens is 4. The van der Waals surface area contributed by atoms with Gasteiger partial charge in [0.1, 0.15) is 10.4 Å². The van der Waals surface area contributed by atoms with Crippen LogP contribution in [-0.2, 0) is 6.54 Å². The fourth-order valence-corrected chi connectivity index (χ4v) is 2.16. The van der Waals surface area contributed by atoms with Gasteiger partial charge in [0.25, 0.3) is 0 Å². The molecule has 0 aliphatic rings. The molecule has 0 spiro atoms. The van der Waals surface area contributed by atoms with E-state index in [1.54, 1.807) is 0 Å². The molecule has 0 unspecified atom stereocenters. The summed E-state index contributed by atoms with van der Waals surface area (Å²) in [6.07, 6.45) is 2.87. The van der Waals surface area contributed by atoms with E-state index in [0.717, 1.165) is 34.8 Å². The molecule has 2 aromatic heterocycles. The predicted octanol–water partition coefficient (Wildman–Crippen LogP) is 3.64. The largest absolute Gasteiger partial charge is 0.263 e. The lowest BCUT2D eigenvalue weighted by atomic mass is 10.2. The van der Waals surface area contributed by atoms with Crippen molar-refractivity contribution in [3.63, 3.8) is 0 Å². The summed E-state index contributed by atoms with van der Waals surface area (Å²) in [4.78, 5) is 9.01. The van der Waals surface area contributed by atoms with Gasteiger partial charge in [0.15, 0.2) is 0 Å². The minimum absolute atomic E-state index is 0.309. The fraction of sp³-hybridized carbons (Fsp3) is 0.462. The molecule has 2 aromatic rings. The molecule has 18 heavy (non-hydrogen) atoms. The smallest absolute Gasteiger partial charge is 0.132 e. The second-order valence-electron chi connectivity index (χ2n) is 4.53. The number of nitrogens with zero attached hydrogens (tertiary/aromatic N) is 4. The Labute approximate surface area is 116 Å². The van der Waals surface area contributed by atoms with Crippen molar-refractivity contribution in [2.24, 2.45) is 0 Å². The van der Waals surface area contributed by atoms with Gasteiger partial charge in [-0.15, -0.1) is 0 Å². The summed E-state index contributed by atoms with van der Waals surface area (Å²) >= 11 is 3.45. The van der Waals surface area contributed by atoms with Gasteiger partial charge in [0.2, 0.25) is 0 Å². The van der Waals surface area contributed by atoms with Gasteiger partial charge in [-0.2, -0.15) is 5.10 Å². The van der Waals surface area contributed by atoms with Gasteiger partial charge < -0.3 is 0 Å². The first-order valence-corrected chi connectivity index (χ1v) is 6.97. The summed E-state index contributed by atoms with van der Waals surface area (Å²) in [5, 5.41) is 4.33. The Morgan fingerprint density at radius 3 is 2.78 bits per heavy atom. The molecule has 0 aliphatic carbocycles. The van der Waals surface area contributed by atoms with Crippen molar-refractivity contribution in [1.82, 2.24) is 19.7 Å². The molecule has 2 heterocycles. The Bertz CT molecular complexity index is 534. The van der Waals surface area contributed by atoms with E-state index in [0.29, 0.717) is 5.92 Å². The summed E-state index contributed by atoms with van der Waals surface area (Å²) in [6.45, 7) is 7.23. The molecule has 0 aliphatic heterocycles. The van der Waals surface area contributed by atoms with Gasteiger partial charge in [-0.1, -0.05) is 20.8 Å². The average molecular weight is 309 g/mol. The third-order valence-electron chi connectivity index (χ3n) is 2.64. The molecule has 2 rings (SSSR count). The summed E-state index contributed by atoms with van der Waals surface area (Å²) < 4.78 is 2.80. The molecule has 0 saturated heterocycles. The van der Waals surface area contributed by atoms with Gasteiger partial charge >= 0.3 is 0 Å². The van der Waals surface area contributed by atoms with Crippen LogP contribution in [0.5, 0.6) is 0 Å². The lowest BCUT2D eigenvalue weighted by Gasteiger charge is -2.09. The van der Waals surface area contributed by atoms with E-state index in [1.807, 2.05) is 23.0 Å². The van der Waals surface area contributed by atoms with Crippen LogP contribution >= 0.6 is 15.9 Å². The summed E-state index contributed by atoms with van der Waals surface area (Å²) in [7, 11) is 0. The van der Waals surface area contributed by atoms with Crippen LogP contribution in [0.15, 0.2) is 22.9 Å². The van der Waals surface area contributed by atoms with E-state index in [-0.39, 0.29) is 0 Å². The van der Waals surface area contributed by atoms with Gasteiger partial charge in [0.05, 0.1) is 11.4 Å². The highest BCUT2D eigenvalue weighted by Crippen LogP contribution is 2.22. The normalized spacial score (nSPS) is 11.2. The second-order valence-corrected chi connectivity index (χ2v) is 5.34. The molecule has 5 heteroatoms. The molecule has 0 N–H and O–H groups in total. The number of halogens is 1. The third kappa shape index (κ3) is 2.77. The molecule has 96 valence electrons. The molecule has 0 bridgehead atoms. The van der Waals surface area contributed by atoms with Crippen LogP contribution in [0.4, 0.5) is 0 Å². The molecule has 0 radical (unpaired) electrons. The van der Waals surface area contributed by atoms with Crippen molar-refractivity contribution in [3.8, 4) is 11.4 Å². The Morgan fingerprint density at radius 2 is 2.11 bits per heavy atom. The monoisotopic (exact) mass is 308 g/mol. The number of rotatable bonds is 4. The maximum absolute atomic E-state index is 4.62. The Balaban J connectivity index is 2.46. The first-order valence-electron chi connectivity index (χ1n) is 6.18. The molecular formula is C13H17BrN4. The van der Waals surface area contributed by atoms with E-state index < -0.39 is 0 Å². The van der Waals surface area contributed by atoms with Crippen molar-refractivity contribution < 1.29 is 0 Å². The minimum atomic E-state index is 0.309. The zero-order chi connectivity index (χ0) is 13.1. The lowest BCUT2D eigenvalue weighted by Crippen LogP contribution is -2.05.